The van der Waals surface area contributed by atoms with E-state index in [2.05, 4.69) is 11.2 Å². The predicted molar refractivity (Wildman–Crippen MR) is 82.8 cm³/mol. The van der Waals surface area contributed by atoms with Crippen LogP contribution in [0, 0.1) is 12.3 Å². The summed E-state index contributed by atoms with van der Waals surface area (Å²) in [7, 11) is 0. The minimum absolute atomic E-state index is 0.183. The summed E-state index contributed by atoms with van der Waals surface area (Å²) < 4.78 is 0. The number of amides is 1. The number of hydrogen-bond donors (Lipinski definition) is 3. The molecule has 2 aromatic rings. The van der Waals surface area contributed by atoms with Gasteiger partial charge in [-0.2, -0.15) is 0 Å². The summed E-state index contributed by atoms with van der Waals surface area (Å²) in [4.78, 5) is 12.0. The van der Waals surface area contributed by atoms with Crippen molar-refractivity contribution < 1.29 is 9.90 Å². The van der Waals surface area contributed by atoms with E-state index in [-0.39, 0.29) is 11.7 Å². The number of carbonyl (C=O) groups is 1. The van der Waals surface area contributed by atoms with Crippen molar-refractivity contribution in [3.8, 4) is 18.1 Å². The summed E-state index contributed by atoms with van der Waals surface area (Å²) in [6.45, 7) is 0. The van der Waals surface area contributed by atoms with Crippen LogP contribution in [0.3, 0.4) is 0 Å². The number of phenolic OH excluding ortho intramolecular Hbond substituents is 1. The molecule has 4 heteroatoms. The third kappa shape index (κ3) is 4.10. The van der Waals surface area contributed by atoms with Gasteiger partial charge in [0.2, 0.25) is 5.91 Å². The van der Waals surface area contributed by atoms with E-state index in [4.69, 9.17) is 12.2 Å². The van der Waals surface area contributed by atoms with Crippen molar-refractivity contribution in [2.45, 2.75) is 12.5 Å². The zero-order valence-corrected chi connectivity index (χ0v) is 11.4. The van der Waals surface area contributed by atoms with E-state index in [1.54, 1.807) is 48.5 Å². The van der Waals surface area contributed by atoms with Gasteiger partial charge in [-0.3, -0.25) is 4.79 Å². The van der Waals surface area contributed by atoms with Gasteiger partial charge in [-0.15, -0.1) is 6.42 Å². The first-order valence-corrected chi connectivity index (χ1v) is 6.49. The van der Waals surface area contributed by atoms with Crippen LogP contribution in [-0.4, -0.2) is 17.1 Å². The fourth-order valence-electron chi connectivity index (χ4n) is 1.90. The summed E-state index contributed by atoms with van der Waals surface area (Å²) >= 11 is 0. The SMILES string of the molecule is C#Cc1cccc(NC(=O)[C@@H](N)Cc2ccc(O)cc2)c1. The highest BCUT2D eigenvalue weighted by atomic mass is 16.3. The van der Waals surface area contributed by atoms with Crippen molar-refractivity contribution >= 4 is 11.6 Å². The van der Waals surface area contributed by atoms with Gasteiger partial charge in [-0.25, -0.2) is 0 Å². The Morgan fingerprint density at radius 3 is 2.67 bits per heavy atom. The third-order valence-electron chi connectivity index (χ3n) is 3.03. The first-order valence-electron chi connectivity index (χ1n) is 6.49. The number of hydrogen-bond acceptors (Lipinski definition) is 3. The predicted octanol–water partition coefficient (Wildman–Crippen LogP) is 1.88. The Hall–Kier alpha value is -2.77. The maximum Gasteiger partial charge on any atom is 0.241 e. The molecule has 0 aliphatic rings. The fourth-order valence-corrected chi connectivity index (χ4v) is 1.90. The van der Waals surface area contributed by atoms with E-state index in [9.17, 15) is 9.90 Å². The number of rotatable bonds is 4. The monoisotopic (exact) mass is 280 g/mol. The highest BCUT2D eigenvalue weighted by Gasteiger charge is 2.14. The molecule has 0 saturated heterocycles. The lowest BCUT2D eigenvalue weighted by Crippen LogP contribution is -2.37. The van der Waals surface area contributed by atoms with Crippen LogP contribution in [0.5, 0.6) is 5.75 Å². The second-order valence-corrected chi connectivity index (χ2v) is 4.69. The van der Waals surface area contributed by atoms with Gasteiger partial charge >= 0.3 is 0 Å². The Morgan fingerprint density at radius 1 is 1.29 bits per heavy atom. The molecule has 2 aromatic carbocycles. The summed E-state index contributed by atoms with van der Waals surface area (Å²) in [5, 5.41) is 12.0. The molecule has 0 radical (unpaired) electrons. The molecular weight excluding hydrogens is 264 g/mol. The summed E-state index contributed by atoms with van der Waals surface area (Å²) in [6.07, 6.45) is 5.71. The molecule has 0 fully saturated rings. The van der Waals surface area contributed by atoms with Crippen molar-refractivity contribution in [2.24, 2.45) is 5.73 Å². The molecule has 0 heterocycles. The molecule has 4 nitrogen and oxygen atoms in total. The maximum absolute atomic E-state index is 12.0. The molecule has 1 amide bonds. The van der Waals surface area contributed by atoms with Gasteiger partial charge in [0.1, 0.15) is 5.75 Å². The molecule has 0 bridgehead atoms. The van der Waals surface area contributed by atoms with Gasteiger partial charge in [-0.1, -0.05) is 24.1 Å². The molecule has 0 aliphatic heterocycles. The average Bonchev–Trinajstić information content (AvgIpc) is 2.49. The Labute approximate surface area is 123 Å². The molecule has 0 saturated carbocycles. The number of phenols is 1. The first-order chi connectivity index (χ1) is 10.1. The van der Waals surface area contributed by atoms with Crippen LogP contribution in [0.25, 0.3) is 0 Å². The molecule has 0 aliphatic carbocycles. The third-order valence-corrected chi connectivity index (χ3v) is 3.03. The van der Waals surface area contributed by atoms with E-state index in [1.165, 1.54) is 0 Å². The number of nitrogens with two attached hydrogens (primary N) is 1. The number of nitrogens with one attached hydrogen (secondary N) is 1. The molecule has 4 N–H and O–H groups in total. The summed E-state index contributed by atoms with van der Waals surface area (Å²) in [5.41, 5.74) is 8.09. The highest BCUT2D eigenvalue weighted by molar-refractivity contribution is 5.95. The number of benzene rings is 2. The molecule has 0 unspecified atom stereocenters. The van der Waals surface area contributed by atoms with Gasteiger partial charge < -0.3 is 16.2 Å². The van der Waals surface area contributed by atoms with Gasteiger partial charge in [0.15, 0.2) is 0 Å². The van der Waals surface area contributed by atoms with E-state index >= 15 is 0 Å². The fraction of sp³-hybridized carbons (Fsp3) is 0.118. The highest BCUT2D eigenvalue weighted by Crippen LogP contribution is 2.13. The first kappa shape index (κ1) is 14.6. The van der Waals surface area contributed by atoms with E-state index in [1.807, 2.05) is 0 Å². The number of carbonyl (C=O) groups excluding carboxylic acids is 1. The zero-order chi connectivity index (χ0) is 15.2. The Balaban J connectivity index is 1.99. The molecule has 0 spiro atoms. The number of aromatic hydroxyl groups is 1. The van der Waals surface area contributed by atoms with Crippen molar-refractivity contribution in [3.63, 3.8) is 0 Å². The average molecular weight is 280 g/mol. The minimum atomic E-state index is -0.677. The molecular formula is C17H16N2O2. The lowest BCUT2D eigenvalue weighted by atomic mass is 10.1. The van der Waals surface area contributed by atoms with E-state index in [0.29, 0.717) is 17.7 Å². The second kappa shape index (κ2) is 6.60. The lowest BCUT2D eigenvalue weighted by Gasteiger charge is -2.12. The van der Waals surface area contributed by atoms with Crippen molar-refractivity contribution in [3.05, 3.63) is 59.7 Å². The van der Waals surface area contributed by atoms with Crippen molar-refractivity contribution in [1.29, 1.82) is 0 Å². The largest absolute Gasteiger partial charge is 0.508 e. The standard InChI is InChI=1S/C17H16N2O2/c1-2-12-4-3-5-14(10-12)19-17(21)16(18)11-13-6-8-15(20)9-7-13/h1,3-10,16,20H,11,18H2,(H,19,21)/t16-/m0/s1. The molecule has 2 rings (SSSR count). The minimum Gasteiger partial charge on any atom is -0.508 e. The smallest absolute Gasteiger partial charge is 0.241 e. The summed E-state index contributed by atoms with van der Waals surface area (Å²) in [5.74, 6) is 2.41. The molecule has 0 aromatic heterocycles. The van der Waals surface area contributed by atoms with Gasteiger partial charge in [-0.05, 0) is 42.3 Å². The number of terminal acetylenes is 1. The Morgan fingerprint density at radius 2 is 2.00 bits per heavy atom. The molecule has 1 atom stereocenters. The van der Waals surface area contributed by atoms with Crippen LogP contribution in [0.15, 0.2) is 48.5 Å². The Kier molecular flexibility index (Phi) is 4.60. The van der Waals surface area contributed by atoms with Crippen LogP contribution in [0.2, 0.25) is 0 Å². The topological polar surface area (TPSA) is 75.4 Å². The maximum atomic E-state index is 12.0. The van der Waals surface area contributed by atoms with E-state index < -0.39 is 6.04 Å². The van der Waals surface area contributed by atoms with E-state index in [0.717, 1.165) is 5.56 Å². The van der Waals surface area contributed by atoms with Crippen LogP contribution >= 0.6 is 0 Å². The van der Waals surface area contributed by atoms with Crippen molar-refractivity contribution in [2.75, 3.05) is 5.32 Å². The number of anilines is 1. The second-order valence-electron chi connectivity index (χ2n) is 4.69. The van der Waals surface area contributed by atoms with Gasteiger partial charge in [0.05, 0.1) is 6.04 Å². The molecule has 106 valence electrons. The van der Waals surface area contributed by atoms with Crippen LogP contribution in [0.1, 0.15) is 11.1 Å². The van der Waals surface area contributed by atoms with Crippen molar-refractivity contribution in [1.82, 2.24) is 0 Å². The van der Waals surface area contributed by atoms with Gasteiger partial charge in [0, 0.05) is 11.3 Å². The van der Waals surface area contributed by atoms with Crippen LogP contribution in [-0.2, 0) is 11.2 Å². The Bertz CT molecular complexity index is 672. The van der Waals surface area contributed by atoms with Crippen LogP contribution in [0.4, 0.5) is 5.69 Å². The summed E-state index contributed by atoms with van der Waals surface area (Å²) in [6, 6.07) is 13.0. The normalized spacial score (nSPS) is 11.4. The molecule has 21 heavy (non-hydrogen) atoms. The van der Waals surface area contributed by atoms with Crippen LogP contribution < -0.4 is 11.1 Å². The lowest BCUT2D eigenvalue weighted by molar-refractivity contribution is -0.117. The van der Waals surface area contributed by atoms with Gasteiger partial charge in [0.25, 0.3) is 0 Å². The zero-order valence-electron chi connectivity index (χ0n) is 11.4. The quantitative estimate of drug-likeness (QED) is 0.749.